The largest absolute Gasteiger partial charge is 2.00 e. The van der Waals surface area contributed by atoms with Crippen molar-refractivity contribution in [2.45, 2.75) is 65.2 Å². The SMILES string of the molecule is CCCCC1=[C-]CC=C1.CCCCC1=[C-]CC=C1.COc1cc(O)cc(OC)c1.COc1cc(O)cc(OC)c1.[Zr+2]. The molecule has 2 aliphatic rings. The monoisotopic (exact) mass is 640 g/mol. The zero-order valence-corrected chi connectivity index (χ0v) is 27.9. The van der Waals surface area contributed by atoms with Crippen molar-refractivity contribution in [1.29, 1.82) is 0 Å². The molecule has 2 aromatic carbocycles. The van der Waals surface area contributed by atoms with E-state index in [4.69, 9.17) is 29.2 Å². The molecule has 2 N–H and O–H groups in total. The third kappa shape index (κ3) is 17.5. The van der Waals surface area contributed by atoms with Crippen molar-refractivity contribution in [3.63, 3.8) is 0 Å². The summed E-state index contributed by atoms with van der Waals surface area (Å²) in [4.78, 5) is 0. The van der Waals surface area contributed by atoms with E-state index in [0.717, 1.165) is 12.8 Å². The summed E-state index contributed by atoms with van der Waals surface area (Å²) in [6.45, 7) is 4.44. The molecule has 0 spiro atoms. The van der Waals surface area contributed by atoms with Crippen LogP contribution in [-0.4, -0.2) is 38.7 Å². The Bertz CT molecular complexity index is 972. The fourth-order valence-electron chi connectivity index (χ4n) is 3.56. The average Bonchev–Trinajstić information content (AvgIpc) is 3.70. The molecule has 0 atom stereocenters. The molecule has 4 rings (SSSR count). The summed E-state index contributed by atoms with van der Waals surface area (Å²) in [5.74, 6) is 2.62. The number of phenolic OH excluding ortho intramolecular Hbond substituents is 2. The summed E-state index contributed by atoms with van der Waals surface area (Å²) in [5.41, 5.74) is 2.83. The van der Waals surface area contributed by atoms with E-state index in [1.807, 2.05) is 0 Å². The van der Waals surface area contributed by atoms with E-state index in [9.17, 15) is 0 Å². The molecule has 6 nitrogen and oxygen atoms in total. The van der Waals surface area contributed by atoms with E-state index >= 15 is 0 Å². The quantitative estimate of drug-likeness (QED) is 0.253. The van der Waals surface area contributed by atoms with Gasteiger partial charge in [-0.3, -0.25) is 12.2 Å². The molecule has 0 bridgehead atoms. The van der Waals surface area contributed by atoms with Crippen LogP contribution >= 0.6 is 0 Å². The van der Waals surface area contributed by atoms with Gasteiger partial charge in [0.25, 0.3) is 0 Å². The van der Waals surface area contributed by atoms with Crippen molar-refractivity contribution in [3.8, 4) is 34.5 Å². The summed E-state index contributed by atoms with van der Waals surface area (Å²) in [5, 5.41) is 18.2. The van der Waals surface area contributed by atoms with Gasteiger partial charge in [-0.15, -0.1) is 12.8 Å². The molecule has 0 saturated heterocycles. The maximum Gasteiger partial charge on any atom is 2.00 e. The van der Waals surface area contributed by atoms with Gasteiger partial charge in [-0.05, 0) is 0 Å². The maximum atomic E-state index is 9.10. The minimum atomic E-state index is 0. The first-order valence-electron chi connectivity index (χ1n) is 13.7. The Labute approximate surface area is 266 Å². The minimum Gasteiger partial charge on any atom is -0.508 e. The fourth-order valence-corrected chi connectivity index (χ4v) is 3.56. The van der Waals surface area contributed by atoms with E-state index in [2.05, 4.69) is 50.3 Å². The van der Waals surface area contributed by atoms with Gasteiger partial charge >= 0.3 is 26.2 Å². The molecule has 0 radical (unpaired) electrons. The summed E-state index contributed by atoms with van der Waals surface area (Å²) < 4.78 is 19.6. The number of aromatic hydroxyl groups is 2. The third-order valence-electron chi connectivity index (χ3n) is 5.80. The first-order chi connectivity index (χ1) is 19.4. The normalized spacial score (nSPS) is 12.1. The minimum absolute atomic E-state index is 0. The van der Waals surface area contributed by atoms with Crippen molar-refractivity contribution >= 4 is 0 Å². The Kier molecular flexibility index (Phi) is 22.1. The molecule has 7 heteroatoms. The molecule has 0 amide bonds. The molecule has 222 valence electrons. The topological polar surface area (TPSA) is 77.4 Å². The average molecular weight is 642 g/mol. The number of benzene rings is 2. The zero-order chi connectivity index (χ0) is 29.6. The predicted octanol–water partition coefficient (Wildman–Crippen LogP) is 8.55. The molecule has 0 aromatic heterocycles. The van der Waals surface area contributed by atoms with E-state index in [-0.39, 0.29) is 37.7 Å². The van der Waals surface area contributed by atoms with Crippen LogP contribution in [0.15, 0.2) is 71.8 Å². The van der Waals surface area contributed by atoms with Gasteiger partial charge in [0.15, 0.2) is 0 Å². The van der Waals surface area contributed by atoms with Crippen LogP contribution < -0.4 is 18.9 Å². The number of phenols is 2. The van der Waals surface area contributed by atoms with Crippen LogP contribution in [0.25, 0.3) is 0 Å². The van der Waals surface area contributed by atoms with Gasteiger partial charge < -0.3 is 29.2 Å². The molecular weight excluding hydrogens is 596 g/mol. The molecule has 0 heterocycles. The van der Waals surface area contributed by atoms with Crippen molar-refractivity contribution in [1.82, 2.24) is 0 Å². The third-order valence-corrected chi connectivity index (χ3v) is 5.80. The standard InChI is InChI=1S/2C9H13.2C8H10O3.Zr/c2*1-2-3-6-9-7-4-5-8-9;2*1-10-7-3-6(9)4-8(5-7)11-2;/h2*4,7H,2-3,5-6H2,1H3;2*3-5,9H,1-2H3;/q2*-1;;;+2. The Hall–Kier alpha value is -2.92. The number of ether oxygens (including phenoxy) is 4. The van der Waals surface area contributed by atoms with Gasteiger partial charge in [-0.1, -0.05) is 52.4 Å². The summed E-state index contributed by atoms with van der Waals surface area (Å²) in [6.07, 6.45) is 25.1. The molecule has 0 fully saturated rings. The smallest absolute Gasteiger partial charge is 0.508 e. The summed E-state index contributed by atoms with van der Waals surface area (Å²) in [7, 11) is 6.14. The van der Waals surface area contributed by atoms with Crippen molar-refractivity contribution in [2.24, 2.45) is 0 Å². The molecule has 0 saturated carbocycles. The fraction of sp³-hybridized carbons (Fsp3) is 0.412. The van der Waals surface area contributed by atoms with Crippen LogP contribution in [-0.2, 0) is 26.2 Å². The molecule has 41 heavy (non-hydrogen) atoms. The van der Waals surface area contributed by atoms with Gasteiger partial charge in [0.05, 0.1) is 28.4 Å². The van der Waals surface area contributed by atoms with E-state index in [1.165, 1.54) is 102 Å². The molecular formula is C34H46O6Zr. The van der Waals surface area contributed by atoms with Gasteiger partial charge in [0.2, 0.25) is 0 Å². The van der Waals surface area contributed by atoms with Crippen molar-refractivity contribution < 1.29 is 55.4 Å². The maximum absolute atomic E-state index is 9.10. The van der Waals surface area contributed by atoms with Gasteiger partial charge in [0.1, 0.15) is 34.5 Å². The Morgan fingerprint density at radius 2 is 0.902 bits per heavy atom. The van der Waals surface area contributed by atoms with Crippen LogP contribution in [0.1, 0.15) is 65.2 Å². The first kappa shape index (κ1) is 38.1. The second-order valence-electron chi connectivity index (χ2n) is 8.97. The van der Waals surface area contributed by atoms with Crippen LogP contribution in [0, 0.1) is 12.2 Å². The number of rotatable bonds is 10. The van der Waals surface area contributed by atoms with Crippen LogP contribution in [0.3, 0.4) is 0 Å². The summed E-state index contributed by atoms with van der Waals surface area (Å²) in [6, 6.07) is 9.45. The van der Waals surface area contributed by atoms with Gasteiger partial charge in [-0.25, -0.2) is 23.3 Å². The van der Waals surface area contributed by atoms with E-state index in [0.29, 0.717) is 23.0 Å². The van der Waals surface area contributed by atoms with Crippen molar-refractivity contribution in [2.75, 3.05) is 28.4 Å². The first-order valence-corrected chi connectivity index (χ1v) is 13.7. The molecule has 0 aliphatic heterocycles. The predicted molar refractivity (Wildman–Crippen MR) is 162 cm³/mol. The van der Waals surface area contributed by atoms with Gasteiger partial charge in [-0.2, -0.15) is 12.2 Å². The summed E-state index contributed by atoms with van der Waals surface area (Å²) >= 11 is 0. The number of methoxy groups -OCH3 is 4. The Morgan fingerprint density at radius 1 is 0.585 bits per heavy atom. The molecule has 2 aromatic rings. The van der Waals surface area contributed by atoms with Gasteiger partial charge in [0, 0.05) is 36.4 Å². The molecule has 0 unspecified atom stereocenters. The van der Waals surface area contributed by atoms with Crippen LogP contribution in [0.4, 0.5) is 0 Å². The second kappa shape index (κ2) is 23.8. The van der Waals surface area contributed by atoms with Crippen LogP contribution in [0.5, 0.6) is 34.5 Å². The number of unbranched alkanes of at least 4 members (excludes halogenated alkanes) is 2. The number of allylic oxidation sites excluding steroid dienone is 8. The van der Waals surface area contributed by atoms with Crippen LogP contribution in [0.2, 0.25) is 0 Å². The van der Waals surface area contributed by atoms with Crippen molar-refractivity contribution in [3.05, 3.63) is 84.0 Å². The Morgan fingerprint density at radius 3 is 1.12 bits per heavy atom. The number of hydrogen-bond acceptors (Lipinski definition) is 6. The van der Waals surface area contributed by atoms with E-state index in [1.54, 1.807) is 12.1 Å². The Balaban J connectivity index is 0.000000518. The molecule has 2 aliphatic carbocycles. The van der Waals surface area contributed by atoms with E-state index < -0.39 is 0 Å². The number of hydrogen-bond donors (Lipinski definition) is 2. The second-order valence-corrected chi connectivity index (χ2v) is 8.97. The zero-order valence-electron chi connectivity index (χ0n) is 25.5.